The average Bonchev–Trinajstić information content (AvgIpc) is 2.87. The van der Waals surface area contributed by atoms with Gasteiger partial charge in [-0.05, 0) is 43.3 Å². The van der Waals surface area contributed by atoms with Crippen molar-refractivity contribution in [3.05, 3.63) is 48.5 Å². The normalized spacial score (nSPS) is 16.0. The van der Waals surface area contributed by atoms with Crippen molar-refractivity contribution in [2.24, 2.45) is 0 Å². The number of amides is 2. The number of hydrogen-bond donors (Lipinski definition) is 3. The maximum Gasteiger partial charge on any atom is 0.319 e. The van der Waals surface area contributed by atoms with Crippen molar-refractivity contribution < 1.29 is 23.1 Å². The highest BCUT2D eigenvalue weighted by molar-refractivity contribution is 7.90. The highest BCUT2D eigenvalue weighted by atomic mass is 32.2. The van der Waals surface area contributed by atoms with Crippen LogP contribution in [-0.4, -0.2) is 79.7 Å². The molecule has 1 aliphatic rings. The first-order chi connectivity index (χ1) is 17.3. The van der Waals surface area contributed by atoms with E-state index in [1.807, 2.05) is 11.8 Å². The van der Waals surface area contributed by atoms with E-state index < -0.39 is 15.9 Å². The van der Waals surface area contributed by atoms with E-state index in [1.165, 1.54) is 6.07 Å². The number of urea groups is 1. The zero-order valence-electron chi connectivity index (χ0n) is 20.0. The molecule has 2 amide bonds. The molecule has 190 valence electrons. The zero-order valence-corrected chi connectivity index (χ0v) is 20.8. The van der Waals surface area contributed by atoms with E-state index >= 15 is 0 Å². The van der Waals surface area contributed by atoms with Gasteiger partial charge in [0.2, 0.25) is 5.95 Å². The lowest BCUT2D eigenvalue weighted by Crippen LogP contribution is -2.44. The molecule has 0 aliphatic carbocycles. The number of nitrogens with zero attached hydrogens (tertiary/aromatic N) is 4. The van der Waals surface area contributed by atoms with E-state index in [0.29, 0.717) is 48.3 Å². The molecule has 12 heteroatoms. The first-order valence-electron chi connectivity index (χ1n) is 11.4. The Morgan fingerprint density at radius 1 is 1.11 bits per heavy atom. The van der Waals surface area contributed by atoms with Crippen LogP contribution in [0.4, 0.5) is 16.4 Å². The largest absolute Gasteiger partial charge is 0.395 e. The third kappa shape index (κ3) is 5.96. The maximum absolute atomic E-state index is 12.5. The van der Waals surface area contributed by atoms with Crippen molar-refractivity contribution in [1.82, 2.24) is 20.3 Å². The van der Waals surface area contributed by atoms with Crippen LogP contribution >= 0.6 is 0 Å². The average molecular weight is 513 g/mol. The first kappa shape index (κ1) is 25.5. The number of sulfone groups is 1. The highest BCUT2D eigenvalue weighted by Crippen LogP contribution is 2.29. The fourth-order valence-corrected chi connectivity index (χ4v) is 4.67. The molecule has 4 rings (SSSR count). The van der Waals surface area contributed by atoms with Gasteiger partial charge < -0.3 is 25.4 Å². The van der Waals surface area contributed by atoms with Crippen LogP contribution in [0.15, 0.2) is 53.4 Å². The molecule has 1 saturated heterocycles. The van der Waals surface area contributed by atoms with Crippen LogP contribution in [0, 0.1) is 0 Å². The quantitative estimate of drug-likeness (QED) is 0.432. The lowest BCUT2D eigenvalue weighted by Gasteiger charge is -2.33. The van der Waals surface area contributed by atoms with Crippen molar-refractivity contribution in [3.63, 3.8) is 0 Å². The Balaban J connectivity index is 1.76. The Morgan fingerprint density at radius 3 is 2.53 bits per heavy atom. The van der Waals surface area contributed by atoms with Crippen molar-refractivity contribution >= 4 is 27.5 Å². The minimum Gasteiger partial charge on any atom is -0.395 e. The molecule has 1 atom stereocenters. The Labute approximate surface area is 209 Å². The summed E-state index contributed by atoms with van der Waals surface area (Å²) >= 11 is 0. The molecule has 3 N–H and O–H groups in total. The molecule has 0 saturated carbocycles. The van der Waals surface area contributed by atoms with Gasteiger partial charge >= 0.3 is 6.03 Å². The number of aliphatic hydroxyl groups excluding tert-OH is 1. The molecule has 1 unspecified atom stereocenters. The van der Waals surface area contributed by atoms with Crippen LogP contribution < -0.4 is 15.5 Å². The standard InChI is InChI=1S/C24H28N6O5S/c1-16-15-35-14-12-30(16)23-28-21(17-7-9-18(10-8-17)26-24(32)25-11-13-31)27-22(29-23)19-5-3-4-6-20(19)36(2,33)34/h3-10,16,31H,11-15H2,1-2H3,(H2,25,26,32). The lowest BCUT2D eigenvalue weighted by atomic mass is 10.1. The minimum atomic E-state index is -3.53. The SMILES string of the molecule is CC1COCCN1c1nc(-c2ccc(NC(=O)NCCO)cc2)nc(-c2ccccc2S(C)(=O)=O)n1. The fraction of sp³-hybridized carbons (Fsp3) is 0.333. The summed E-state index contributed by atoms with van der Waals surface area (Å²) in [6, 6.07) is 13.1. The summed E-state index contributed by atoms with van der Waals surface area (Å²) in [4.78, 5) is 28.0. The fourth-order valence-electron chi connectivity index (χ4n) is 3.79. The van der Waals surface area contributed by atoms with Crippen LogP contribution in [0.1, 0.15) is 6.92 Å². The summed E-state index contributed by atoms with van der Waals surface area (Å²) in [6.07, 6.45) is 1.15. The zero-order chi connectivity index (χ0) is 25.7. The van der Waals surface area contributed by atoms with E-state index in [2.05, 4.69) is 20.6 Å². The third-order valence-electron chi connectivity index (χ3n) is 5.57. The van der Waals surface area contributed by atoms with E-state index in [9.17, 15) is 13.2 Å². The summed E-state index contributed by atoms with van der Waals surface area (Å²) in [5.74, 6) is 1.05. The Hall–Kier alpha value is -3.61. The second-order valence-corrected chi connectivity index (χ2v) is 10.3. The topological polar surface area (TPSA) is 147 Å². The number of hydrogen-bond acceptors (Lipinski definition) is 9. The van der Waals surface area contributed by atoms with Gasteiger partial charge in [0.25, 0.3) is 0 Å². The number of morpholine rings is 1. The van der Waals surface area contributed by atoms with Crippen molar-refractivity contribution in [2.75, 3.05) is 49.4 Å². The van der Waals surface area contributed by atoms with Gasteiger partial charge in [-0.1, -0.05) is 12.1 Å². The molecule has 11 nitrogen and oxygen atoms in total. The molecule has 1 aromatic heterocycles. The molecule has 3 aromatic rings. The molecule has 1 aliphatic heterocycles. The molecule has 0 radical (unpaired) electrons. The number of nitrogens with one attached hydrogen (secondary N) is 2. The van der Waals surface area contributed by atoms with Gasteiger partial charge in [0.1, 0.15) is 0 Å². The van der Waals surface area contributed by atoms with Crippen LogP contribution in [0.25, 0.3) is 22.8 Å². The molecular formula is C24H28N6O5S. The summed E-state index contributed by atoms with van der Waals surface area (Å²) in [6.45, 7) is 3.64. The van der Waals surface area contributed by atoms with Gasteiger partial charge in [-0.2, -0.15) is 9.97 Å². The van der Waals surface area contributed by atoms with Crippen molar-refractivity contribution in [1.29, 1.82) is 0 Å². The summed E-state index contributed by atoms with van der Waals surface area (Å²) in [5.41, 5.74) is 1.61. The highest BCUT2D eigenvalue weighted by Gasteiger charge is 2.25. The Morgan fingerprint density at radius 2 is 1.83 bits per heavy atom. The molecule has 0 spiro atoms. The number of carbonyl (C=O) groups excluding carboxylic acids is 1. The second-order valence-electron chi connectivity index (χ2n) is 8.35. The number of benzene rings is 2. The molecule has 36 heavy (non-hydrogen) atoms. The predicted molar refractivity (Wildman–Crippen MR) is 136 cm³/mol. The number of carbonyl (C=O) groups is 1. The van der Waals surface area contributed by atoms with Gasteiger partial charge in [0.15, 0.2) is 21.5 Å². The second kappa shape index (κ2) is 11.0. The van der Waals surface area contributed by atoms with Crippen LogP contribution in [-0.2, 0) is 14.6 Å². The van der Waals surface area contributed by atoms with Crippen LogP contribution in [0.3, 0.4) is 0 Å². The summed E-state index contributed by atoms with van der Waals surface area (Å²) in [5, 5.41) is 14.0. The van der Waals surface area contributed by atoms with E-state index in [1.54, 1.807) is 42.5 Å². The van der Waals surface area contributed by atoms with Gasteiger partial charge in [-0.25, -0.2) is 18.2 Å². The molecule has 2 heterocycles. The Bertz CT molecular complexity index is 1330. The molecular weight excluding hydrogens is 484 g/mol. The first-order valence-corrected chi connectivity index (χ1v) is 13.3. The van der Waals surface area contributed by atoms with Gasteiger partial charge in [-0.3, -0.25) is 0 Å². The monoisotopic (exact) mass is 512 g/mol. The summed E-state index contributed by atoms with van der Waals surface area (Å²) < 4.78 is 30.5. The summed E-state index contributed by atoms with van der Waals surface area (Å²) in [7, 11) is -3.53. The van der Waals surface area contributed by atoms with E-state index in [0.717, 1.165) is 6.26 Å². The van der Waals surface area contributed by atoms with Crippen LogP contribution in [0.5, 0.6) is 0 Å². The number of aliphatic hydroxyl groups is 1. The lowest BCUT2D eigenvalue weighted by molar-refractivity contribution is 0.0981. The van der Waals surface area contributed by atoms with E-state index in [-0.39, 0.29) is 29.9 Å². The van der Waals surface area contributed by atoms with Crippen LogP contribution in [0.2, 0.25) is 0 Å². The molecule has 0 bridgehead atoms. The van der Waals surface area contributed by atoms with Crippen molar-refractivity contribution in [2.45, 2.75) is 17.9 Å². The predicted octanol–water partition coefficient (Wildman–Crippen LogP) is 1.95. The number of aromatic nitrogens is 3. The van der Waals surface area contributed by atoms with Crippen molar-refractivity contribution in [3.8, 4) is 22.8 Å². The number of anilines is 2. The molecule has 2 aromatic carbocycles. The van der Waals surface area contributed by atoms with Gasteiger partial charge in [-0.15, -0.1) is 0 Å². The minimum absolute atomic E-state index is 0.0241. The molecule has 1 fully saturated rings. The third-order valence-corrected chi connectivity index (χ3v) is 6.73. The maximum atomic E-state index is 12.5. The number of rotatable bonds is 7. The number of ether oxygens (including phenoxy) is 1. The Kier molecular flexibility index (Phi) is 7.77. The van der Waals surface area contributed by atoms with Gasteiger partial charge in [0.05, 0.1) is 30.8 Å². The smallest absolute Gasteiger partial charge is 0.319 e. The van der Waals surface area contributed by atoms with Gasteiger partial charge in [0, 0.05) is 36.2 Å². The van der Waals surface area contributed by atoms with E-state index in [4.69, 9.17) is 14.8 Å².